The van der Waals surface area contributed by atoms with E-state index in [2.05, 4.69) is 15.6 Å². The van der Waals surface area contributed by atoms with E-state index in [9.17, 15) is 4.79 Å². The third-order valence-electron chi connectivity index (χ3n) is 1.99. The molecule has 0 spiro atoms. The topological polar surface area (TPSA) is 99.7 Å². The first-order valence-electron chi connectivity index (χ1n) is 5.02. The summed E-state index contributed by atoms with van der Waals surface area (Å²) in [5, 5.41) is 14.6. The van der Waals surface area contributed by atoms with Crippen molar-refractivity contribution >= 4 is 35.6 Å². The van der Waals surface area contributed by atoms with Crippen LogP contribution in [0.25, 0.3) is 0 Å². The highest BCUT2D eigenvalue weighted by Gasteiger charge is 2.13. The molecule has 2 unspecified atom stereocenters. The monoisotopic (exact) mass is 278 g/mol. The zero-order chi connectivity index (χ0) is 12.7. The lowest BCUT2D eigenvalue weighted by molar-refractivity contribution is -0.108. The summed E-state index contributed by atoms with van der Waals surface area (Å²) in [6.45, 7) is 0.247. The minimum Gasteiger partial charge on any atom is -0.394 e. The zero-order valence-corrected chi connectivity index (χ0v) is 10.7. The Morgan fingerprint density at radius 1 is 1.88 bits per heavy atom. The van der Waals surface area contributed by atoms with Crippen LogP contribution in [0.4, 0.5) is 0 Å². The molecule has 0 aromatic rings. The first kappa shape index (κ1) is 14.1. The molecule has 1 aliphatic heterocycles. The maximum atomic E-state index is 10.3. The van der Waals surface area contributed by atoms with E-state index < -0.39 is 0 Å². The van der Waals surface area contributed by atoms with Gasteiger partial charge in [-0.15, -0.1) is 0 Å². The lowest BCUT2D eigenvalue weighted by Crippen LogP contribution is -2.42. The van der Waals surface area contributed by atoms with Gasteiger partial charge in [0.05, 0.1) is 19.2 Å². The maximum Gasteiger partial charge on any atom is 0.189 e. The van der Waals surface area contributed by atoms with Crippen LogP contribution in [0.1, 0.15) is 6.42 Å². The quantitative estimate of drug-likeness (QED) is 0.173. The normalized spacial score (nSPS) is 21.6. The minimum absolute atomic E-state index is 0.158. The molecule has 0 amide bonds. The van der Waals surface area contributed by atoms with Gasteiger partial charge in [0.1, 0.15) is 6.29 Å². The predicted molar refractivity (Wildman–Crippen MR) is 69.6 cm³/mol. The third kappa shape index (κ3) is 5.29. The van der Waals surface area contributed by atoms with Crippen LogP contribution in [-0.4, -0.2) is 41.4 Å². The summed E-state index contributed by atoms with van der Waals surface area (Å²) >= 11 is 7.26. The van der Waals surface area contributed by atoms with Crippen LogP contribution in [0.15, 0.2) is 16.1 Å². The van der Waals surface area contributed by atoms with Gasteiger partial charge >= 0.3 is 0 Å². The fourth-order valence-electron chi connectivity index (χ4n) is 1.16. The van der Waals surface area contributed by atoms with Gasteiger partial charge in [0.25, 0.3) is 0 Å². The number of carbonyl (C=O) groups excluding carboxylic acids is 1. The molecule has 0 aliphatic carbocycles. The Kier molecular flexibility index (Phi) is 6.17. The number of aliphatic imine (C=N–C) groups is 1. The number of hydrogen-bond donors (Lipinski definition) is 4. The molecule has 0 saturated heterocycles. The van der Waals surface area contributed by atoms with Crippen molar-refractivity contribution in [2.24, 2.45) is 10.7 Å². The number of nitrogens with two attached hydrogens (primary N) is 1. The lowest BCUT2D eigenvalue weighted by Gasteiger charge is -2.13. The van der Waals surface area contributed by atoms with E-state index in [4.69, 9.17) is 22.4 Å². The lowest BCUT2D eigenvalue weighted by atomic mass is 10.2. The Morgan fingerprint density at radius 3 is 3.18 bits per heavy atom. The van der Waals surface area contributed by atoms with Crippen LogP contribution in [0.5, 0.6) is 0 Å². The molecule has 0 saturated carbocycles. The molecule has 6 nitrogen and oxygen atoms in total. The Morgan fingerprint density at radius 2 is 2.65 bits per heavy atom. The zero-order valence-electron chi connectivity index (χ0n) is 9.10. The fourth-order valence-corrected chi connectivity index (χ4v) is 2.24. The fraction of sp³-hybridized carbons (Fsp3) is 0.556. The second-order valence-electron chi connectivity index (χ2n) is 3.34. The van der Waals surface area contributed by atoms with Crippen molar-refractivity contribution in [3.63, 3.8) is 0 Å². The molecule has 0 fully saturated rings. The van der Waals surface area contributed by atoms with Gasteiger partial charge < -0.3 is 26.3 Å². The molecular formula is C9H15ClN4O2S. The van der Waals surface area contributed by atoms with E-state index in [1.807, 2.05) is 0 Å². The Balaban J connectivity index is 2.35. The number of nitrogens with zero attached hydrogens (tertiary/aromatic N) is 1. The number of alkyl halides is 1. The summed E-state index contributed by atoms with van der Waals surface area (Å²) < 4.78 is 0. The second kappa shape index (κ2) is 7.41. The van der Waals surface area contributed by atoms with Crippen molar-refractivity contribution in [2.75, 3.05) is 13.2 Å². The average Bonchev–Trinajstić information content (AvgIpc) is 2.72. The number of thioether (sulfide) groups is 1. The highest BCUT2D eigenvalue weighted by atomic mass is 35.5. The van der Waals surface area contributed by atoms with Crippen LogP contribution < -0.4 is 16.4 Å². The largest absolute Gasteiger partial charge is 0.394 e. The minimum atomic E-state index is -0.389. The molecule has 0 radical (unpaired) electrons. The molecule has 5 N–H and O–H groups in total. The summed E-state index contributed by atoms with van der Waals surface area (Å²) in [4.78, 5) is 15.2. The first-order chi connectivity index (χ1) is 8.15. The van der Waals surface area contributed by atoms with Gasteiger partial charge in [-0.3, -0.25) is 0 Å². The van der Waals surface area contributed by atoms with Gasteiger partial charge in [-0.1, -0.05) is 23.4 Å². The third-order valence-corrected chi connectivity index (χ3v) is 3.27. The van der Waals surface area contributed by atoms with Crippen molar-refractivity contribution in [2.45, 2.75) is 17.3 Å². The molecule has 0 aromatic carbocycles. The SMILES string of the molecule is NC(=NCC1=CNC(Cl)S1)NC(CO)CC=O. The molecule has 1 aliphatic rings. The van der Waals surface area contributed by atoms with Gasteiger partial charge in [0.15, 0.2) is 10.8 Å². The van der Waals surface area contributed by atoms with E-state index in [0.29, 0.717) is 6.54 Å². The summed E-state index contributed by atoms with van der Waals surface area (Å²) in [5.74, 6) is 0.199. The Hall–Kier alpha value is -0.920. The van der Waals surface area contributed by atoms with Crippen LogP contribution >= 0.6 is 23.4 Å². The van der Waals surface area contributed by atoms with E-state index in [1.165, 1.54) is 11.8 Å². The van der Waals surface area contributed by atoms with E-state index >= 15 is 0 Å². The average molecular weight is 279 g/mol. The summed E-state index contributed by atoms with van der Waals surface area (Å²) in [6.07, 6.45) is 2.70. The van der Waals surface area contributed by atoms with Crippen LogP contribution in [-0.2, 0) is 4.79 Å². The van der Waals surface area contributed by atoms with Crippen molar-refractivity contribution in [3.05, 3.63) is 11.1 Å². The summed E-state index contributed by atoms with van der Waals surface area (Å²) in [5.41, 5.74) is 5.62. The van der Waals surface area contributed by atoms with Gasteiger partial charge in [0.2, 0.25) is 0 Å². The van der Waals surface area contributed by atoms with Gasteiger partial charge in [-0.2, -0.15) is 0 Å². The van der Waals surface area contributed by atoms with Gasteiger partial charge in [0, 0.05) is 17.5 Å². The molecule has 1 rings (SSSR count). The second-order valence-corrected chi connectivity index (χ2v) is 5.27. The number of guanidine groups is 1. The molecule has 2 atom stereocenters. The molecule has 0 aromatic heterocycles. The Labute approximate surface area is 109 Å². The van der Waals surface area contributed by atoms with Crippen LogP contribution in [0, 0.1) is 0 Å². The molecule has 8 heteroatoms. The molecule has 1 heterocycles. The molecular weight excluding hydrogens is 264 g/mol. The van der Waals surface area contributed by atoms with Crippen molar-refractivity contribution in [1.82, 2.24) is 10.6 Å². The van der Waals surface area contributed by atoms with Crippen molar-refractivity contribution in [3.8, 4) is 0 Å². The highest BCUT2D eigenvalue weighted by molar-refractivity contribution is 8.05. The van der Waals surface area contributed by atoms with Crippen molar-refractivity contribution in [1.29, 1.82) is 0 Å². The van der Waals surface area contributed by atoms with E-state index in [-0.39, 0.29) is 29.9 Å². The molecule has 96 valence electrons. The van der Waals surface area contributed by atoms with E-state index in [0.717, 1.165) is 11.2 Å². The maximum absolute atomic E-state index is 10.3. The van der Waals surface area contributed by atoms with Crippen LogP contribution in [0.2, 0.25) is 0 Å². The van der Waals surface area contributed by atoms with E-state index in [1.54, 1.807) is 6.20 Å². The predicted octanol–water partition coefficient (Wildman–Crippen LogP) is -0.459. The highest BCUT2D eigenvalue weighted by Crippen LogP contribution is 2.27. The van der Waals surface area contributed by atoms with Gasteiger partial charge in [-0.25, -0.2) is 4.99 Å². The first-order valence-corrected chi connectivity index (χ1v) is 6.34. The standard InChI is InChI=1S/C9H15ClN4O2S/c10-8-12-3-7(17-8)4-13-9(11)14-6(5-16)1-2-15/h2-3,6,8,12,16H,1,4-5H2,(H3,11,13,14). The Bertz CT molecular complexity index is 324. The number of hydrogen-bond acceptors (Lipinski definition) is 5. The van der Waals surface area contributed by atoms with Gasteiger partial charge in [-0.05, 0) is 0 Å². The molecule has 0 bridgehead atoms. The van der Waals surface area contributed by atoms with Crippen LogP contribution in [0.3, 0.4) is 0 Å². The number of nitrogens with one attached hydrogen (secondary N) is 2. The number of halogens is 1. The number of aliphatic hydroxyl groups excluding tert-OH is 1. The van der Waals surface area contributed by atoms with Crippen molar-refractivity contribution < 1.29 is 9.90 Å². The number of carbonyl (C=O) groups is 1. The number of aliphatic hydroxyl groups is 1. The summed E-state index contributed by atoms with van der Waals surface area (Å²) in [7, 11) is 0. The number of aldehydes is 1. The summed E-state index contributed by atoms with van der Waals surface area (Å²) in [6, 6.07) is -0.389. The smallest absolute Gasteiger partial charge is 0.189 e. The molecule has 17 heavy (non-hydrogen) atoms. The number of rotatable bonds is 6.